The van der Waals surface area contributed by atoms with Crippen LogP contribution < -0.4 is 14.4 Å². The Kier molecular flexibility index (Phi) is 6.96. The number of halogens is 4. The first-order valence-electron chi connectivity index (χ1n) is 6.17. The van der Waals surface area contributed by atoms with E-state index < -0.39 is 12.1 Å². The number of aromatic nitrogens is 2. The Hall–Kier alpha value is -2.35. The molecule has 0 aliphatic carbocycles. The standard InChI is InChI=1S/C11H11AsFN3O.C2HF3O2/c1-14-11-15-5-4-10(16-11)17-7-2-3-9(13)8(12)6-7;3-2(4,5)1(6)7/h2-6H,12H2,1H3,(H,14,15,16);(H,6,7). The van der Waals surface area contributed by atoms with E-state index in [9.17, 15) is 17.6 Å². The van der Waals surface area contributed by atoms with Gasteiger partial charge in [0.2, 0.25) is 0 Å². The van der Waals surface area contributed by atoms with E-state index in [2.05, 4.69) is 15.3 Å². The van der Waals surface area contributed by atoms with Gasteiger partial charge >= 0.3 is 119 Å². The molecule has 0 fully saturated rings. The number of hydrogen-bond acceptors (Lipinski definition) is 5. The summed E-state index contributed by atoms with van der Waals surface area (Å²) in [5.41, 5.74) is 0. The van der Waals surface area contributed by atoms with Gasteiger partial charge in [0.15, 0.2) is 0 Å². The molecule has 1 unspecified atom stereocenters. The Morgan fingerprint density at radius 1 is 1.33 bits per heavy atom. The van der Waals surface area contributed by atoms with Crippen LogP contribution in [0.2, 0.25) is 0 Å². The van der Waals surface area contributed by atoms with Gasteiger partial charge in [-0.3, -0.25) is 0 Å². The molecule has 0 spiro atoms. The third-order valence-electron chi connectivity index (χ3n) is 2.29. The first-order valence-corrected chi connectivity index (χ1v) is 7.38. The van der Waals surface area contributed by atoms with E-state index in [1.54, 1.807) is 31.4 Å². The third-order valence-corrected chi connectivity index (χ3v) is 3.21. The molecule has 1 heterocycles. The zero-order valence-corrected chi connectivity index (χ0v) is 14.6. The number of anilines is 1. The van der Waals surface area contributed by atoms with E-state index in [-0.39, 0.29) is 5.82 Å². The Morgan fingerprint density at radius 2 is 1.96 bits per heavy atom. The van der Waals surface area contributed by atoms with E-state index in [1.165, 1.54) is 22.9 Å². The fraction of sp³-hybridized carbons (Fsp3) is 0.154. The van der Waals surface area contributed by atoms with Gasteiger partial charge < -0.3 is 5.11 Å². The first-order chi connectivity index (χ1) is 11.1. The summed E-state index contributed by atoms with van der Waals surface area (Å²) in [5, 5.41) is 9.94. The molecule has 0 aliphatic rings. The van der Waals surface area contributed by atoms with E-state index in [4.69, 9.17) is 14.6 Å². The smallest absolute Gasteiger partial charge is 0.475 e. The Balaban J connectivity index is 0.000000351. The number of benzene rings is 1. The van der Waals surface area contributed by atoms with Gasteiger partial charge in [0, 0.05) is 0 Å². The predicted molar refractivity (Wildman–Crippen MR) is 79.9 cm³/mol. The maximum atomic E-state index is 13.1. The predicted octanol–water partition coefficient (Wildman–Crippen LogP) is 1.34. The molecule has 130 valence electrons. The molecule has 6 nitrogen and oxygen atoms in total. The topological polar surface area (TPSA) is 84.3 Å². The summed E-state index contributed by atoms with van der Waals surface area (Å²) in [4.78, 5) is 17.0. The molecule has 0 aliphatic heterocycles. The number of hydrogen-bond donors (Lipinski definition) is 2. The van der Waals surface area contributed by atoms with Crippen molar-refractivity contribution in [3.63, 3.8) is 0 Å². The molecular weight excluding hydrogens is 397 g/mol. The Bertz CT molecular complexity index is 713. The molecule has 2 aromatic rings. The summed E-state index contributed by atoms with van der Waals surface area (Å²) in [6.45, 7) is 0. The van der Waals surface area contributed by atoms with E-state index >= 15 is 0 Å². The van der Waals surface area contributed by atoms with Crippen LogP contribution in [-0.4, -0.2) is 51.1 Å². The molecule has 1 aromatic carbocycles. The molecular formula is C13H12AsF4N3O3. The molecule has 0 amide bonds. The summed E-state index contributed by atoms with van der Waals surface area (Å²) < 4.78 is 50.9. The Morgan fingerprint density at radius 3 is 2.46 bits per heavy atom. The second kappa shape index (κ2) is 8.49. The van der Waals surface area contributed by atoms with Gasteiger partial charge in [0.1, 0.15) is 0 Å². The average molecular weight is 409 g/mol. The number of aliphatic carboxylic acids is 1. The van der Waals surface area contributed by atoms with Crippen molar-refractivity contribution in [3.8, 4) is 11.6 Å². The molecule has 11 heteroatoms. The Labute approximate surface area is 142 Å². The molecule has 0 radical (unpaired) electrons. The number of nitrogens with zero attached hydrogens (tertiary/aromatic N) is 2. The maximum absolute atomic E-state index is 13.1. The van der Waals surface area contributed by atoms with Crippen LogP contribution in [-0.2, 0) is 4.79 Å². The van der Waals surface area contributed by atoms with Crippen LogP contribution in [0.1, 0.15) is 0 Å². The van der Waals surface area contributed by atoms with Crippen LogP contribution >= 0.6 is 0 Å². The zero-order valence-electron chi connectivity index (χ0n) is 12.1. The van der Waals surface area contributed by atoms with Gasteiger partial charge in [-0.05, 0) is 0 Å². The number of ether oxygens (including phenoxy) is 1. The zero-order chi connectivity index (χ0) is 18.3. The van der Waals surface area contributed by atoms with Crippen molar-refractivity contribution >= 4 is 33.1 Å². The van der Waals surface area contributed by atoms with Gasteiger partial charge in [-0.2, -0.15) is 13.2 Å². The van der Waals surface area contributed by atoms with Crippen LogP contribution in [0, 0.1) is 5.82 Å². The van der Waals surface area contributed by atoms with Gasteiger partial charge in [-0.1, -0.05) is 0 Å². The van der Waals surface area contributed by atoms with Crippen molar-refractivity contribution in [2.45, 2.75) is 6.18 Å². The summed E-state index contributed by atoms with van der Waals surface area (Å²) in [5.74, 6) is -1.52. The van der Waals surface area contributed by atoms with Crippen molar-refractivity contribution in [2.75, 3.05) is 12.4 Å². The van der Waals surface area contributed by atoms with E-state index in [0.29, 0.717) is 21.9 Å². The minimum Gasteiger partial charge on any atom is -0.475 e. The number of nitrogens with one attached hydrogen (secondary N) is 1. The van der Waals surface area contributed by atoms with Gasteiger partial charge in [0.25, 0.3) is 0 Å². The summed E-state index contributed by atoms with van der Waals surface area (Å²) in [6, 6.07) is 6.24. The number of carbonyl (C=O) groups is 1. The summed E-state index contributed by atoms with van der Waals surface area (Å²) >= 11 is 1.21. The third kappa shape index (κ3) is 6.41. The van der Waals surface area contributed by atoms with Gasteiger partial charge in [0.05, 0.1) is 0 Å². The number of alkyl halides is 3. The molecule has 0 saturated carbocycles. The van der Waals surface area contributed by atoms with Crippen LogP contribution in [0.5, 0.6) is 11.6 Å². The summed E-state index contributed by atoms with van der Waals surface area (Å²) in [7, 11) is 1.73. The van der Waals surface area contributed by atoms with E-state index in [1.807, 2.05) is 0 Å². The van der Waals surface area contributed by atoms with Crippen LogP contribution in [0.3, 0.4) is 0 Å². The minimum absolute atomic E-state index is 0.226. The molecule has 0 bridgehead atoms. The SMILES string of the molecule is CNc1nccc(Oc2ccc(F)c([AsH2])c2)n1.O=C(O)C(F)(F)F. The van der Waals surface area contributed by atoms with Crippen LogP contribution in [0.15, 0.2) is 30.5 Å². The molecule has 2 N–H and O–H groups in total. The van der Waals surface area contributed by atoms with Gasteiger partial charge in [-0.25, -0.2) is 4.79 Å². The van der Waals surface area contributed by atoms with Crippen molar-refractivity contribution in [1.82, 2.24) is 9.97 Å². The van der Waals surface area contributed by atoms with Crippen molar-refractivity contribution in [3.05, 3.63) is 36.3 Å². The quantitative estimate of drug-likeness (QED) is 0.588. The maximum Gasteiger partial charge on any atom is 0.490 e. The number of rotatable bonds is 3. The second-order valence-corrected chi connectivity index (χ2v) is 5.36. The normalized spacial score (nSPS) is 10.4. The largest absolute Gasteiger partial charge is 0.490 e. The number of carboxylic acid groups (broad SMARTS) is 1. The molecule has 2 rings (SSSR count). The van der Waals surface area contributed by atoms with E-state index in [0.717, 1.165) is 0 Å². The molecule has 0 saturated heterocycles. The molecule has 1 atom stereocenters. The number of carboxylic acids is 1. The van der Waals surface area contributed by atoms with Crippen LogP contribution in [0.25, 0.3) is 0 Å². The fourth-order valence-electron chi connectivity index (χ4n) is 1.23. The van der Waals surface area contributed by atoms with Crippen molar-refractivity contribution in [2.24, 2.45) is 0 Å². The van der Waals surface area contributed by atoms with Gasteiger partial charge in [-0.15, -0.1) is 0 Å². The average Bonchev–Trinajstić information content (AvgIpc) is 2.51. The van der Waals surface area contributed by atoms with Crippen molar-refractivity contribution < 1.29 is 32.2 Å². The van der Waals surface area contributed by atoms with Crippen molar-refractivity contribution in [1.29, 1.82) is 0 Å². The summed E-state index contributed by atoms with van der Waals surface area (Å²) in [6.07, 6.45) is -3.49. The second-order valence-electron chi connectivity index (χ2n) is 4.06. The monoisotopic (exact) mass is 409 g/mol. The first kappa shape index (κ1) is 19.7. The molecule has 24 heavy (non-hydrogen) atoms. The molecule has 1 aromatic heterocycles. The fourth-order valence-corrected chi connectivity index (χ4v) is 1.77. The minimum atomic E-state index is -5.08. The van der Waals surface area contributed by atoms with Crippen LogP contribution in [0.4, 0.5) is 23.5 Å².